The first kappa shape index (κ1) is 14.3. The molecule has 0 radical (unpaired) electrons. The zero-order valence-corrected chi connectivity index (χ0v) is 13.5. The Morgan fingerprint density at radius 2 is 2.11 bits per heavy atom. The van der Waals surface area contributed by atoms with Crippen molar-refractivity contribution in [3.8, 4) is 0 Å². The Balaban J connectivity index is 2.27. The molecule has 0 aliphatic carbocycles. The third-order valence-electron chi connectivity index (χ3n) is 2.70. The molecule has 2 rings (SSSR count). The van der Waals surface area contributed by atoms with Crippen molar-refractivity contribution in [1.29, 1.82) is 0 Å². The van der Waals surface area contributed by atoms with E-state index in [0.717, 1.165) is 10.7 Å². The number of halogens is 1. The number of anilines is 1. The standard InChI is InChI=1S/C13H16BrN3OS/c1-13(2,3)10-7-19-11(16-10)6-17-4-8(14)12(18)9(15)5-17/h4-5,7H,6,15H2,1-3H3. The summed E-state index contributed by atoms with van der Waals surface area (Å²) < 4.78 is 2.34. The van der Waals surface area contributed by atoms with Gasteiger partial charge >= 0.3 is 0 Å². The number of thiazole rings is 1. The molecular weight excluding hydrogens is 326 g/mol. The van der Waals surface area contributed by atoms with Gasteiger partial charge < -0.3 is 10.3 Å². The highest BCUT2D eigenvalue weighted by atomic mass is 79.9. The van der Waals surface area contributed by atoms with Crippen LogP contribution in [0.2, 0.25) is 0 Å². The number of nitrogen functional groups attached to an aromatic ring is 1. The summed E-state index contributed by atoms with van der Waals surface area (Å²) in [5, 5.41) is 3.08. The molecular formula is C13H16BrN3OS. The molecule has 0 aliphatic rings. The second-order valence-corrected chi connectivity index (χ2v) is 7.24. The van der Waals surface area contributed by atoms with Crippen LogP contribution in [0.3, 0.4) is 0 Å². The highest BCUT2D eigenvalue weighted by Crippen LogP contribution is 2.24. The summed E-state index contributed by atoms with van der Waals surface area (Å²) in [5.74, 6) is 0. The molecule has 19 heavy (non-hydrogen) atoms. The van der Waals surface area contributed by atoms with E-state index in [1.54, 1.807) is 23.7 Å². The zero-order valence-electron chi connectivity index (χ0n) is 11.1. The topological polar surface area (TPSA) is 60.9 Å². The van der Waals surface area contributed by atoms with Crippen LogP contribution in [0.4, 0.5) is 5.69 Å². The molecule has 0 saturated carbocycles. The van der Waals surface area contributed by atoms with Crippen LogP contribution in [-0.2, 0) is 12.0 Å². The molecule has 0 fully saturated rings. The van der Waals surface area contributed by atoms with Crippen LogP contribution in [0.15, 0.2) is 27.0 Å². The molecule has 0 unspecified atom stereocenters. The number of aromatic nitrogens is 2. The third-order valence-corrected chi connectivity index (χ3v) is 4.10. The summed E-state index contributed by atoms with van der Waals surface area (Å²) >= 11 is 4.84. The lowest BCUT2D eigenvalue weighted by Crippen LogP contribution is -2.14. The number of rotatable bonds is 2. The molecule has 2 aromatic rings. The number of hydrogen-bond acceptors (Lipinski definition) is 4. The smallest absolute Gasteiger partial charge is 0.218 e. The first-order valence-electron chi connectivity index (χ1n) is 5.87. The van der Waals surface area contributed by atoms with Crippen molar-refractivity contribution in [3.63, 3.8) is 0 Å². The van der Waals surface area contributed by atoms with E-state index in [1.165, 1.54) is 0 Å². The fourth-order valence-corrected chi connectivity index (χ4v) is 3.11. The van der Waals surface area contributed by atoms with E-state index in [0.29, 0.717) is 11.0 Å². The van der Waals surface area contributed by atoms with Crippen molar-refractivity contribution in [2.24, 2.45) is 0 Å². The minimum absolute atomic E-state index is 0.0535. The molecule has 0 amide bonds. The molecule has 2 aromatic heterocycles. The van der Waals surface area contributed by atoms with Gasteiger partial charge in [0.25, 0.3) is 0 Å². The summed E-state index contributed by atoms with van der Waals surface area (Å²) in [5.41, 5.74) is 6.87. The van der Waals surface area contributed by atoms with E-state index < -0.39 is 0 Å². The normalized spacial score (nSPS) is 11.8. The lowest BCUT2D eigenvalue weighted by atomic mass is 9.93. The Kier molecular flexibility index (Phi) is 3.82. The maximum atomic E-state index is 11.5. The molecule has 0 aromatic carbocycles. The van der Waals surface area contributed by atoms with Crippen LogP contribution in [0, 0.1) is 0 Å². The van der Waals surface area contributed by atoms with E-state index >= 15 is 0 Å². The van der Waals surface area contributed by atoms with Crippen LogP contribution in [0.5, 0.6) is 0 Å². The average molecular weight is 342 g/mol. The lowest BCUT2D eigenvalue weighted by molar-refractivity contribution is 0.569. The van der Waals surface area contributed by atoms with E-state index in [-0.39, 0.29) is 16.5 Å². The molecule has 102 valence electrons. The number of nitrogens with zero attached hydrogens (tertiary/aromatic N) is 2. The van der Waals surface area contributed by atoms with Gasteiger partial charge in [0.2, 0.25) is 5.43 Å². The molecule has 4 nitrogen and oxygen atoms in total. The van der Waals surface area contributed by atoms with Gasteiger partial charge in [-0.2, -0.15) is 0 Å². The van der Waals surface area contributed by atoms with Crippen molar-refractivity contribution in [1.82, 2.24) is 9.55 Å². The lowest BCUT2D eigenvalue weighted by Gasteiger charge is -2.14. The molecule has 6 heteroatoms. The molecule has 0 aliphatic heterocycles. The number of pyridine rings is 1. The van der Waals surface area contributed by atoms with Crippen LogP contribution in [0.25, 0.3) is 0 Å². The van der Waals surface area contributed by atoms with Gasteiger partial charge in [-0.25, -0.2) is 4.98 Å². The van der Waals surface area contributed by atoms with Gasteiger partial charge in [-0.1, -0.05) is 20.8 Å². The predicted molar refractivity (Wildman–Crippen MR) is 82.7 cm³/mol. The monoisotopic (exact) mass is 341 g/mol. The molecule has 0 bridgehead atoms. The predicted octanol–water partition coefficient (Wildman–Crippen LogP) is 3.00. The molecule has 0 atom stereocenters. The van der Waals surface area contributed by atoms with Gasteiger partial charge in [0.1, 0.15) is 5.01 Å². The summed E-state index contributed by atoms with van der Waals surface area (Å²) in [6.07, 6.45) is 3.38. The first-order valence-corrected chi connectivity index (χ1v) is 7.54. The van der Waals surface area contributed by atoms with E-state index in [2.05, 4.69) is 47.1 Å². The van der Waals surface area contributed by atoms with Crippen molar-refractivity contribution < 1.29 is 0 Å². The van der Waals surface area contributed by atoms with Crippen molar-refractivity contribution in [2.75, 3.05) is 5.73 Å². The second-order valence-electron chi connectivity index (χ2n) is 5.44. The Labute approximate surface area is 124 Å². The third kappa shape index (κ3) is 3.25. The fourth-order valence-electron chi connectivity index (χ4n) is 1.59. The average Bonchev–Trinajstić information content (AvgIpc) is 2.74. The van der Waals surface area contributed by atoms with Crippen molar-refractivity contribution >= 4 is 33.0 Å². The maximum absolute atomic E-state index is 11.5. The molecule has 0 saturated heterocycles. The first-order chi connectivity index (χ1) is 8.77. The summed E-state index contributed by atoms with van der Waals surface area (Å²) in [6, 6.07) is 0. The summed E-state index contributed by atoms with van der Waals surface area (Å²) in [4.78, 5) is 16.1. The molecule has 2 heterocycles. The van der Waals surface area contributed by atoms with Crippen LogP contribution < -0.4 is 11.2 Å². The van der Waals surface area contributed by atoms with E-state index in [9.17, 15) is 4.79 Å². The van der Waals surface area contributed by atoms with Gasteiger partial charge in [-0.05, 0) is 15.9 Å². The van der Waals surface area contributed by atoms with Crippen LogP contribution in [-0.4, -0.2) is 9.55 Å². The minimum Gasteiger partial charge on any atom is -0.394 e. The van der Waals surface area contributed by atoms with Crippen LogP contribution >= 0.6 is 27.3 Å². The molecule has 0 spiro atoms. The quantitative estimate of drug-likeness (QED) is 0.913. The maximum Gasteiger partial charge on any atom is 0.218 e. The summed E-state index contributed by atoms with van der Waals surface area (Å²) in [6.45, 7) is 7.03. The highest BCUT2D eigenvalue weighted by Gasteiger charge is 2.17. The Bertz CT molecular complexity index is 628. The Hall–Kier alpha value is -1.14. The highest BCUT2D eigenvalue weighted by molar-refractivity contribution is 9.10. The zero-order chi connectivity index (χ0) is 14.2. The van der Waals surface area contributed by atoms with Gasteiger partial charge in [0.15, 0.2) is 0 Å². The number of nitrogens with two attached hydrogens (primary N) is 1. The van der Waals surface area contributed by atoms with Gasteiger partial charge in [0.05, 0.1) is 22.4 Å². The van der Waals surface area contributed by atoms with Crippen molar-refractivity contribution in [3.05, 3.63) is 43.2 Å². The van der Waals surface area contributed by atoms with E-state index in [4.69, 9.17) is 5.73 Å². The Morgan fingerprint density at radius 3 is 2.63 bits per heavy atom. The van der Waals surface area contributed by atoms with E-state index in [1.807, 2.05) is 4.57 Å². The van der Waals surface area contributed by atoms with Gasteiger partial charge in [0, 0.05) is 23.2 Å². The fraction of sp³-hybridized carbons (Fsp3) is 0.385. The van der Waals surface area contributed by atoms with Crippen LogP contribution in [0.1, 0.15) is 31.5 Å². The minimum atomic E-state index is -0.175. The summed E-state index contributed by atoms with van der Waals surface area (Å²) in [7, 11) is 0. The van der Waals surface area contributed by atoms with Gasteiger partial charge in [-0.15, -0.1) is 11.3 Å². The number of hydrogen-bond donors (Lipinski definition) is 1. The SMILES string of the molecule is CC(C)(C)c1csc(Cn2cc(N)c(=O)c(Br)c2)n1. The van der Waals surface area contributed by atoms with Crippen molar-refractivity contribution in [2.45, 2.75) is 32.7 Å². The molecule has 2 N–H and O–H groups in total. The Morgan fingerprint density at radius 1 is 1.42 bits per heavy atom. The second kappa shape index (κ2) is 5.09. The largest absolute Gasteiger partial charge is 0.394 e. The van der Waals surface area contributed by atoms with Gasteiger partial charge in [-0.3, -0.25) is 4.79 Å².